The van der Waals surface area contributed by atoms with Crippen LogP contribution in [0.3, 0.4) is 0 Å². The third-order valence-electron chi connectivity index (χ3n) is 2.29. The van der Waals surface area contributed by atoms with E-state index >= 15 is 0 Å². The highest BCUT2D eigenvalue weighted by Crippen LogP contribution is 2.24. The van der Waals surface area contributed by atoms with Gasteiger partial charge in [0, 0.05) is 17.3 Å². The van der Waals surface area contributed by atoms with Crippen LogP contribution in [0.2, 0.25) is 0 Å². The molecular formula is C11H14N4S. The number of nitrogens with one attached hydrogen (secondary N) is 1. The molecular weight excluding hydrogens is 220 g/mol. The van der Waals surface area contributed by atoms with Gasteiger partial charge in [0.1, 0.15) is 5.01 Å². The predicted molar refractivity (Wildman–Crippen MR) is 69.4 cm³/mol. The molecule has 4 nitrogen and oxygen atoms in total. The molecule has 1 aromatic heterocycles. The van der Waals surface area contributed by atoms with Crippen LogP contribution in [-0.4, -0.2) is 4.98 Å². The zero-order chi connectivity index (χ0) is 11.5. The Kier molecular flexibility index (Phi) is 2.96. The van der Waals surface area contributed by atoms with Gasteiger partial charge < -0.3 is 16.8 Å². The molecule has 0 aliphatic heterocycles. The first-order chi connectivity index (χ1) is 7.66. The van der Waals surface area contributed by atoms with Crippen molar-refractivity contribution in [1.82, 2.24) is 4.98 Å². The first kappa shape index (κ1) is 10.8. The fourth-order valence-corrected chi connectivity index (χ4v) is 2.07. The Labute approximate surface area is 98.3 Å². The van der Waals surface area contributed by atoms with E-state index in [1.165, 1.54) is 0 Å². The van der Waals surface area contributed by atoms with Gasteiger partial charge in [-0.3, -0.25) is 0 Å². The number of hydrogen-bond donors (Lipinski definition) is 3. The van der Waals surface area contributed by atoms with Gasteiger partial charge in [-0.25, -0.2) is 4.98 Å². The number of nitrogens with zero attached hydrogens (tertiary/aromatic N) is 1. The van der Waals surface area contributed by atoms with Gasteiger partial charge in [-0.1, -0.05) is 0 Å². The van der Waals surface area contributed by atoms with E-state index < -0.39 is 0 Å². The standard InChI is InChI=1S/C11H14N4S/c1-7(11-14-4-5-16-11)15-8-2-3-9(12)10(13)6-8/h2-7,15H,12-13H2,1H3. The molecule has 1 heterocycles. The lowest BCUT2D eigenvalue weighted by molar-refractivity contribution is 0.870. The van der Waals surface area contributed by atoms with Crippen molar-refractivity contribution in [3.8, 4) is 0 Å². The highest BCUT2D eigenvalue weighted by molar-refractivity contribution is 7.09. The molecule has 1 unspecified atom stereocenters. The van der Waals surface area contributed by atoms with Crippen LogP contribution < -0.4 is 16.8 Å². The second-order valence-corrected chi connectivity index (χ2v) is 4.51. The molecule has 0 bridgehead atoms. The molecule has 2 aromatic rings. The maximum atomic E-state index is 5.74. The largest absolute Gasteiger partial charge is 0.397 e. The Bertz CT molecular complexity index is 467. The third-order valence-corrected chi connectivity index (χ3v) is 3.25. The van der Waals surface area contributed by atoms with Gasteiger partial charge in [0.2, 0.25) is 0 Å². The molecule has 0 aliphatic carbocycles. The summed E-state index contributed by atoms with van der Waals surface area (Å²) in [5.74, 6) is 0. The van der Waals surface area contributed by atoms with Gasteiger partial charge >= 0.3 is 0 Å². The summed E-state index contributed by atoms with van der Waals surface area (Å²) in [5.41, 5.74) is 13.5. The quantitative estimate of drug-likeness (QED) is 0.713. The topological polar surface area (TPSA) is 77.0 Å². The van der Waals surface area contributed by atoms with Gasteiger partial charge in [-0.2, -0.15) is 0 Å². The van der Waals surface area contributed by atoms with E-state index in [0.29, 0.717) is 11.4 Å². The number of aromatic nitrogens is 1. The summed E-state index contributed by atoms with van der Waals surface area (Å²) in [7, 11) is 0. The third kappa shape index (κ3) is 2.25. The van der Waals surface area contributed by atoms with Crippen molar-refractivity contribution in [2.75, 3.05) is 16.8 Å². The van der Waals surface area contributed by atoms with Gasteiger partial charge in [0.15, 0.2) is 0 Å². The molecule has 84 valence electrons. The molecule has 0 aliphatic rings. The summed E-state index contributed by atoms with van der Waals surface area (Å²) in [4.78, 5) is 4.25. The Morgan fingerprint density at radius 3 is 2.75 bits per heavy atom. The molecule has 16 heavy (non-hydrogen) atoms. The number of nitrogens with two attached hydrogens (primary N) is 2. The molecule has 2 rings (SSSR count). The lowest BCUT2D eigenvalue weighted by Crippen LogP contribution is -2.06. The van der Waals surface area contributed by atoms with Gasteiger partial charge in [0.05, 0.1) is 17.4 Å². The molecule has 0 saturated carbocycles. The molecule has 0 fully saturated rings. The average molecular weight is 234 g/mol. The number of nitrogen functional groups attached to an aromatic ring is 2. The monoisotopic (exact) mass is 234 g/mol. The molecule has 5 heteroatoms. The summed E-state index contributed by atoms with van der Waals surface area (Å²) >= 11 is 1.63. The lowest BCUT2D eigenvalue weighted by Gasteiger charge is -2.13. The van der Waals surface area contributed by atoms with E-state index in [2.05, 4.69) is 17.2 Å². The van der Waals surface area contributed by atoms with Crippen molar-refractivity contribution in [1.29, 1.82) is 0 Å². The molecule has 0 saturated heterocycles. The minimum absolute atomic E-state index is 0.169. The molecule has 0 radical (unpaired) electrons. The fourth-order valence-electron chi connectivity index (χ4n) is 1.42. The zero-order valence-corrected chi connectivity index (χ0v) is 9.79. The smallest absolute Gasteiger partial charge is 0.115 e. The van der Waals surface area contributed by atoms with E-state index in [0.717, 1.165) is 10.7 Å². The Morgan fingerprint density at radius 1 is 1.31 bits per heavy atom. The fraction of sp³-hybridized carbons (Fsp3) is 0.182. The van der Waals surface area contributed by atoms with Crippen LogP contribution in [0.1, 0.15) is 18.0 Å². The van der Waals surface area contributed by atoms with E-state index in [1.54, 1.807) is 23.6 Å². The van der Waals surface area contributed by atoms with Gasteiger partial charge in [-0.05, 0) is 25.1 Å². The van der Waals surface area contributed by atoms with Crippen LogP contribution in [0.25, 0.3) is 0 Å². The SMILES string of the molecule is CC(Nc1ccc(N)c(N)c1)c1nccs1. The molecule has 1 atom stereocenters. The van der Waals surface area contributed by atoms with Crippen molar-refractivity contribution >= 4 is 28.4 Å². The Morgan fingerprint density at radius 2 is 2.12 bits per heavy atom. The van der Waals surface area contributed by atoms with Crippen molar-refractivity contribution in [3.05, 3.63) is 34.8 Å². The summed E-state index contributed by atoms with van der Waals surface area (Å²) in [6, 6.07) is 5.71. The predicted octanol–water partition coefficient (Wildman–Crippen LogP) is 2.48. The maximum Gasteiger partial charge on any atom is 0.115 e. The minimum Gasteiger partial charge on any atom is -0.397 e. The highest BCUT2D eigenvalue weighted by atomic mass is 32.1. The van der Waals surface area contributed by atoms with Crippen LogP contribution >= 0.6 is 11.3 Å². The number of thiazole rings is 1. The number of rotatable bonds is 3. The summed E-state index contributed by atoms with van der Waals surface area (Å²) in [6.07, 6.45) is 1.80. The van der Waals surface area contributed by atoms with Gasteiger partial charge in [-0.15, -0.1) is 11.3 Å². The normalized spacial score (nSPS) is 12.3. The summed E-state index contributed by atoms with van der Waals surface area (Å²) < 4.78 is 0. The molecule has 0 amide bonds. The maximum absolute atomic E-state index is 5.74. The second-order valence-electron chi connectivity index (χ2n) is 3.58. The van der Waals surface area contributed by atoms with Crippen LogP contribution in [0.4, 0.5) is 17.1 Å². The molecule has 0 spiro atoms. The zero-order valence-electron chi connectivity index (χ0n) is 8.97. The first-order valence-corrected chi connectivity index (χ1v) is 5.85. The van der Waals surface area contributed by atoms with E-state index in [9.17, 15) is 0 Å². The van der Waals surface area contributed by atoms with Gasteiger partial charge in [0.25, 0.3) is 0 Å². The van der Waals surface area contributed by atoms with Crippen LogP contribution in [-0.2, 0) is 0 Å². The van der Waals surface area contributed by atoms with E-state index in [1.807, 2.05) is 17.5 Å². The van der Waals surface area contributed by atoms with E-state index in [4.69, 9.17) is 11.5 Å². The summed E-state index contributed by atoms with van der Waals surface area (Å²) in [6.45, 7) is 2.06. The van der Waals surface area contributed by atoms with E-state index in [-0.39, 0.29) is 6.04 Å². The van der Waals surface area contributed by atoms with Crippen molar-refractivity contribution in [3.63, 3.8) is 0 Å². The highest BCUT2D eigenvalue weighted by Gasteiger charge is 2.07. The molecule has 5 N–H and O–H groups in total. The number of benzene rings is 1. The minimum atomic E-state index is 0.169. The van der Waals surface area contributed by atoms with Crippen molar-refractivity contribution in [2.45, 2.75) is 13.0 Å². The second kappa shape index (κ2) is 4.40. The van der Waals surface area contributed by atoms with Crippen LogP contribution in [0.5, 0.6) is 0 Å². The number of hydrogen-bond acceptors (Lipinski definition) is 5. The van der Waals surface area contributed by atoms with Crippen LogP contribution in [0.15, 0.2) is 29.8 Å². The average Bonchev–Trinajstić information content (AvgIpc) is 2.77. The Balaban J connectivity index is 2.12. The Hall–Kier alpha value is -1.75. The first-order valence-electron chi connectivity index (χ1n) is 4.98. The lowest BCUT2D eigenvalue weighted by atomic mass is 10.2. The van der Waals surface area contributed by atoms with Crippen LogP contribution in [0, 0.1) is 0 Å². The number of anilines is 3. The van der Waals surface area contributed by atoms with Crippen molar-refractivity contribution in [2.24, 2.45) is 0 Å². The molecule has 1 aromatic carbocycles. The summed E-state index contributed by atoms with van der Waals surface area (Å²) in [5, 5.41) is 6.34. The van der Waals surface area contributed by atoms with Crippen molar-refractivity contribution < 1.29 is 0 Å².